The van der Waals surface area contributed by atoms with Gasteiger partial charge in [0.05, 0.1) is 0 Å². The molecule has 2 aliphatic rings. The summed E-state index contributed by atoms with van der Waals surface area (Å²) in [5, 5.41) is 0. The van der Waals surface area contributed by atoms with Gasteiger partial charge < -0.3 is 0 Å². The summed E-state index contributed by atoms with van der Waals surface area (Å²) in [5.41, 5.74) is 6.75. The van der Waals surface area contributed by atoms with E-state index in [2.05, 4.69) is 106 Å². The molecule has 0 bridgehead atoms. The molecule has 0 unspecified atom stereocenters. The van der Waals surface area contributed by atoms with Crippen molar-refractivity contribution >= 4 is 5.78 Å². The molecule has 0 aliphatic carbocycles. The maximum absolute atomic E-state index is 12.7. The van der Waals surface area contributed by atoms with Gasteiger partial charge in [-0.2, -0.15) is 0 Å². The zero-order valence-electron chi connectivity index (χ0n) is 17.5. The molecular weight excluding hydrogens is 473 g/mol. The summed E-state index contributed by atoms with van der Waals surface area (Å²) >= 11 is -3.15. The number of carbonyl (C=O) groups excluding carboxylic acids is 1. The summed E-state index contributed by atoms with van der Waals surface area (Å²) in [7, 11) is 0. The van der Waals surface area contributed by atoms with Gasteiger partial charge in [0.2, 0.25) is 0 Å². The van der Waals surface area contributed by atoms with Crippen molar-refractivity contribution in [2.24, 2.45) is 0 Å². The molecule has 4 aromatic rings. The van der Waals surface area contributed by atoms with Crippen molar-refractivity contribution in [2.45, 2.75) is 26.7 Å². The summed E-state index contributed by atoms with van der Waals surface area (Å²) in [5.74, 6) is 0.212. The fourth-order valence-electron chi connectivity index (χ4n) is 4.43. The summed E-state index contributed by atoms with van der Waals surface area (Å²) < 4.78 is 9.89. The number of pyridine rings is 4. The second kappa shape index (κ2) is 6.70. The van der Waals surface area contributed by atoms with Gasteiger partial charge in [0.25, 0.3) is 0 Å². The molecule has 2 aliphatic heterocycles. The van der Waals surface area contributed by atoms with Gasteiger partial charge in [-0.15, -0.1) is 0 Å². The number of hydrogen-bond donors (Lipinski definition) is 0. The number of fused-ring (bicyclic) bond motifs is 10. The van der Waals surface area contributed by atoms with Crippen LogP contribution in [0.4, 0.5) is 0 Å². The molecule has 0 fully saturated rings. The average Bonchev–Trinajstić information content (AvgIpc) is 3.25. The number of carbonyl (C=O) groups is 1. The zero-order chi connectivity index (χ0) is 21.2. The summed E-state index contributed by atoms with van der Waals surface area (Å²) in [4.78, 5) is 12.7. The molecule has 0 saturated heterocycles. The summed E-state index contributed by atoms with van der Waals surface area (Å²) in [6.45, 7) is 4.18. The fraction of sp³-hybridized carbons (Fsp3) is 0.160. The Labute approximate surface area is 185 Å². The van der Waals surface area contributed by atoms with E-state index in [0.29, 0.717) is 6.42 Å². The second-order valence-corrected chi connectivity index (χ2v) is 13.3. The summed E-state index contributed by atoms with van der Waals surface area (Å²) in [6, 6.07) is 21.4. The standard InChI is InChI=1S/C15H16N2O.C10H8N2.Ru/c1-3-4-15(18)12-6-8-17-14(10-12)13-9-11(2)5-7-16-13;1-3-7-11-9(5-1)10-6-2-4-8-12-10;/h5-10H,3-4H2,1-2H3;1-8H;/q;;+4. The first kappa shape index (κ1) is 18.6. The van der Waals surface area contributed by atoms with Gasteiger partial charge in [-0.1, -0.05) is 0 Å². The predicted octanol–water partition coefficient (Wildman–Crippen LogP) is 2.40. The first-order chi connectivity index (χ1) is 15.2. The van der Waals surface area contributed by atoms with E-state index < -0.39 is 15.7 Å². The number of rotatable bonds is 3. The van der Waals surface area contributed by atoms with E-state index in [9.17, 15) is 4.79 Å². The van der Waals surface area contributed by atoms with Crippen LogP contribution in [0.15, 0.2) is 85.5 Å². The van der Waals surface area contributed by atoms with E-state index >= 15 is 0 Å². The molecule has 6 rings (SSSR count). The van der Waals surface area contributed by atoms with Crippen molar-refractivity contribution in [3.05, 3.63) is 96.6 Å². The van der Waals surface area contributed by atoms with Crippen LogP contribution >= 0.6 is 0 Å². The SMILES string of the molecule is CCCC(=O)c1cc[n+]2c(c1)-c1cc(C)cc[n+]1[Ru]21[n+]2ccccc2-c2cccc[n+]21. The number of hydrogen-bond acceptors (Lipinski definition) is 1. The van der Waals surface area contributed by atoms with Crippen molar-refractivity contribution < 1.29 is 33.8 Å². The number of aromatic nitrogens is 4. The minimum absolute atomic E-state index is 0.212. The van der Waals surface area contributed by atoms with Crippen LogP contribution in [0.5, 0.6) is 0 Å². The molecule has 5 nitrogen and oxygen atoms in total. The van der Waals surface area contributed by atoms with E-state index in [1.54, 1.807) is 0 Å². The van der Waals surface area contributed by atoms with Crippen LogP contribution in [0.1, 0.15) is 35.7 Å². The molecule has 6 heteroatoms. The molecule has 4 aromatic heterocycles. The molecule has 0 atom stereocenters. The van der Waals surface area contributed by atoms with Gasteiger partial charge in [-0.25, -0.2) is 0 Å². The third-order valence-corrected chi connectivity index (χ3v) is 13.0. The fourth-order valence-corrected chi connectivity index (χ4v) is 12.3. The van der Waals surface area contributed by atoms with Crippen molar-refractivity contribution in [3.8, 4) is 22.8 Å². The van der Waals surface area contributed by atoms with Crippen LogP contribution in [-0.4, -0.2) is 5.78 Å². The second-order valence-electron chi connectivity index (χ2n) is 7.86. The molecule has 0 aromatic carbocycles. The van der Waals surface area contributed by atoms with E-state index in [1.165, 1.54) is 22.6 Å². The van der Waals surface area contributed by atoms with E-state index in [1.807, 2.05) is 6.07 Å². The van der Waals surface area contributed by atoms with Crippen LogP contribution in [0, 0.1) is 6.92 Å². The van der Waals surface area contributed by atoms with Crippen LogP contribution in [0.2, 0.25) is 0 Å². The predicted molar refractivity (Wildman–Crippen MR) is 110 cm³/mol. The van der Waals surface area contributed by atoms with Gasteiger partial charge >= 0.3 is 186 Å². The normalized spacial score (nSPS) is 15.2. The Hall–Kier alpha value is -3.11. The van der Waals surface area contributed by atoms with Crippen LogP contribution in [0.25, 0.3) is 22.8 Å². The molecular formula is C25H24N4ORu+4. The first-order valence-electron chi connectivity index (χ1n) is 10.6. The van der Waals surface area contributed by atoms with Gasteiger partial charge in [0.1, 0.15) is 0 Å². The minimum atomic E-state index is -3.15. The Bertz CT molecular complexity index is 1350. The van der Waals surface area contributed by atoms with E-state index in [0.717, 1.165) is 17.7 Å². The molecule has 1 spiro atoms. The van der Waals surface area contributed by atoms with Gasteiger partial charge in [-0.05, 0) is 0 Å². The van der Waals surface area contributed by atoms with Crippen molar-refractivity contribution in [1.82, 2.24) is 0 Å². The Balaban J connectivity index is 1.74. The van der Waals surface area contributed by atoms with Crippen LogP contribution in [-0.2, 0) is 15.7 Å². The number of aryl methyl sites for hydroxylation is 1. The van der Waals surface area contributed by atoms with Crippen molar-refractivity contribution in [1.29, 1.82) is 0 Å². The number of nitrogens with zero attached hydrogens (tertiary/aromatic N) is 4. The Morgan fingerprint density at radius 3 is 1.97 bits per heavy atom. The van der Waals surface area contributed by atoms with Crippen LogP contribution in [0.3, 0.4) is 0 Å². The van der Waals surface area contributed by atoms with Gasteiger partial charge in [0.15, 0.2) is 0 Å². The van der Waals surface area contributed by atoms with Crippen molar-refractivity contribution in [3.63, 3.8) is 0 Å². The van der Waals surface area contributed by atoms with E-state index in [4.69, 9.17) is 0 Å². The van der Waals surface area contributed by atoms with Crippen LogP contribution < -0.4 is 13.2 Å². The van der Waals surface area contributed by atoms with Crippen molar-refractivity contribution in [2.75, 3.05) is 0 Å². The Kier molecular flexibility index (Phi) is 4.03. The molecule has 6 heterocycles. The molecule has 154 valence electrons. The third kappa shape index (κ3) is 2.37. The van der Waals surface area contributed by atoms with Gasteiger partial charge in [-0.3, -0.25) is 0 Å². The Morgan fingerprint density at radius 2 is 1.32 bits per heavy atom. The molecule has 31 heavy (non-hydrogen) atoms. The molecule has 0 saturated carbocycles. The molecule has 0 N–H and O–H groups in total. The quantitative estimate of drug-likeness (QED) is 0.273. The maximum atomic E-state index is 12.7. The molecule has 0 amide bonds. The van der Waals surface area contributed by atoms with E-state index in [-0.39, 0.29) is 5.78 Å². The van der Waals surface area contributed by atoms with Gasteiger partial charge in [0, 0.05) is 0 Å². The average molecular weight is 498 g/mol. The third-order valence-electron chi connectivity index (χ3n) is 5.79. The zero-order valence-corrected chi connectivity index (χ0v) is 19.3. The Morgan fingerprint density at radius 1 is 0.742 bits per heavy atom. The first-order valence-corrected chi connectivity index (χ1v) is 13.7. The number of Topliss-reactive ketones (excluding diaryl/α,β-unsaturated/α-hetero) is 1. The monoisotopic (exact) mass is 498 g/mol. The summed E-state index contributed by atoms with van der Waals surface area (Å²) in [6.07, 6.45) is 10.2. The number of ketones is 1. The molecule has 0 radical (unpaired) electrons. The topological polar surface area (TPSA) is 32.6 Å².